The van der Waals surface area contributed by atoms with Gasteiger partial charge >= 0.3 is 0 Å². The normalized spacial score (nSPS) is 26.8. The highest BCUT2D eigenvalue weighted by molar-refractivity contribution is 5.13. The minimum Gasteiger partial charge on any atom is -0.312 e. The number of aromatic nitrogens is 2. The van der Waals surface area contributed by atoms with Crippen LogP contribution in [0.25, 0.3) is 0 Å². The molecular weight excluding hydrogens is 258 g/mol. The Morgan fingerprint density at radius 2 is 1.90 bits per heavy atom. The largest absolute Gasteiger partial charge is 0.312 e. The number of nitrogens with zero attached hydrogens (tertiary/aromatic N) is 2. The van der Waals surface area contributed by atoms with E-state index in [0.717, 1.165) is 12.5 Å². The van der Waals surface area contributed by atoms with E-state index in [1.165, 1.54) is 37.7 Å². The van der Waals surface area contributed by atoms with Crippen molar-refractivity contribution in [2.45, 2.75) is 71.3 Å². The summed E-state index contributed by atoms with van der Waals surface area (Å²) >= 11 is 0. The van der Waals surface area contributed by atoms with Crippen molar-refractivity contribution in [1.82, 2.24) is 15.3 Å². The highest BCUT2D eigenvalue weighted by Crippen LogP contribution is 2.41. The van der Waals surface area contributed by atoms with E-state index in [2.05, 4.69) is 43.0 Å². The van der Waals surface area contributed by atoms with Crippen LogP contribution in [-0.4, -0.2) is 22.1 Å². The van der Waals surface area contributed by atoms with Gasteiger partial charge < -0.3 is 5.32 Å². The first-order chi connectivity index (χ1) is 9.99. The zero-order chi connectivity index (χ0) is 15.3. The number of hydrogen-bond donors (Lipinski definition) is 1. The van der Waals surface area contributed by atoms with Crippen molar-refractivity contribution in [1.29, 1.82) is 0 Å². The van der Waals surface area contributed by atoms with Crippen LogP contribution >= 0.6 is 0 Å². The van der Waals surface area contributed by atoms with Crippen LogP contribution in [0.5, 0.6) is 0 Å². The van der Waals surface area contributed by atoms with Gasteiger partial charge in [-0.1, -0.05) is 26.2 Å². The molecule has 3 heteroatoms. The Kier molecular flexibility index (Phi) is 5.74. The van der Waals surface area contributed by atoms with Crippen molar-refractivity contribution in [3.8, 4) is 0 Å². The molecule has 1 heterocycles. The maximum absolute atomic E-state index is 4.24. The van der Waals surface area contributed by atoms with Gasteiger partial charge in [-0.3, -0.25) is 0 Å². The van der Waals surface area contributed by atoms with Crippen LogP contribution < -0.4 is 5.32 Å². The van der Waals surface area contributed by atoms with Gasteiger partial charge in [0, 0.05) is 17.9 Å². The second-order valence-corrected chi connectivity index (χ2v) is 7.64. The molecule has 0 radical (unpaired) electrons. The number of rotatable bonds is 5. The Hall–Kier alpha value is -0.960. The Morgan fingerprint density at radius 1 is 1.19 bits per heavy atom. The van der Waals surface area contributed by atoms with E-state index < -0.39 is 0 Å². The lowest BCUT2D eigenvalue weighted by atomic mass is 9.70. The SMILES string of the molecule is CCCC1CCC(CNC(C)(C)C)C(c2cncnc2)C1. The smallest absolute Gasteiger partial charge is 0.115 e. The summed E-state index contributed by atoms with van der Waals surface area (Å²) in [6.07, 6.45) is 12.4. The molecule has 1 aliphatic carbocycles. The molecule has 0 saturated heterocycles. The van der Waals surface area contributed by atoms with Gasteiger partial charge in [0.2, 0.25) is 0 Å². The molecule has 3 unspecified atom stereocenters. The van der Waals surface area contributed by atoms with Crippen molar-refractivity contribution in [2.75, 3.05) is 6.54 Å². The molecule has 3 atom stereocenters. The fraction of sp³-hybridized carbons (Fsp3) is 0.778. The lowest BCUT2D eigenvalue weighted by Gasteiger charge is -2.38. The minimum atomic E-state index is 0.192. The Bertz CT molecular complexity index is 410. The van der Waals surface area contributed by atoms with Crippen molar-refractivity contribution < 1.29 is 0 Å². The standard InChI is InChI=1S/C18H31N3/c1-5-6-14-7-8-15(12-21-18(2,3)4)17(9-14)16-10-19-13-20-11-16/h10-11,13-15,17,21H,5-9,12H2,1-4H3. The van der Waals surface area contributed by atoms with Crippen molar-refractivity contribution in [2.24, 2.45) is 11.8 Å². The Morgan fingerprint density at radius 3 is 2.52 bits per heavy atom. The molecule has 0 aliphatic heterocycles. The van der Waals surface area contributed by atoms with Gasteiger partial charge in [0.25, 0.3) is 0 Å². The van der Waals surface area contributed by atoms with Gasteiger partial charge in [0.05, 0.1) is 0 Å². The fourth-order valence-corrected chi connectivity index (χ4v) is 3.58. The fourth-order valence-electron chi connectivity index (χ4n) is 3.58. The molecule has 0 amide bonds. The zero-order valence-corrected chi connectivity index (χ0v) is 14.1. The first kappa shape index (κ1) is 16.4. The lowest BCUT2D eigenvalue weighted by Crippen LogP contribution is -2.41. The molecule has 1 saturated carbocycles. The molecule has 1 aliphatic rings. The molecule has 0 aromatic carbocycles. The summed E-state index contributed by atoms with van der Waals surface area (Å²) in [6.45, 7) is 10.1. The molecule has 3 nitrogen and oxygen atoms in total. The molecule has 118 valence electrons. The first-order valence-corrected chi connectivity index (χ1v) is 8.49. The van der Waals surface area contributed by atoms with Crippen LogP contribution in [0.1, 0.15) is 71.3 Å². The lowest BCUT2D eigenvalue weighted by molar-refractivity contribution is 0.208. The van der Waals surface area contributed by atoms with E-state index in [1.807, 2.05) is 12.4 Å². The monoisotopic (exact) mass is 289 g/mol. The third-order valence-corrected chi connectivity index (χ3v) is 4.70. The predicted molar refractivity (Wildman–Crippen MR) is 88.3 cm³/mol. The summed E-state index contributed by atoms with van der Waals surface area (Å²) in [6, 6.07) is 0. The molecule has 0 bridgehead atoms. The zero-order valence-electron chi connectivity index (χ0n) is 14.1. The van der Waals surface area contributed by atoms with E-state index in [-0.39, 0.29) is 5.54 Å². The predicted octanol–water partition coefficient (Wildman–Crippen LogP) is 4.16. The van der Waals surface area contributed by atoms with Crippen LogP contribution in [0, 0.1) is 11.8 Å². The summed E-state index contributed by atoms with van der Waals surface area (Å²) < 4.78 is 0. The van der Waals surface area contributed by atoms with Gasteiger partial charge in [-0.25, -0.2) is 9.97 Å². The van der Waals surface area contributed by atoms with Crippen LogP contribution in [0.2, 0.25) is 0 Å². The van der Waals surface area contributed by atoms with Crippen LogP contribution in [0.15, 0.2) is 18.7 Å². The van der Waals surface area contributed by atoms with E-state index in [0.29, 0.717) is 11.8 Å². The molecule has 21 heavy (non-hydrogen) atoms. The summed E-state index contributed by atoms with van der Waals surface area (Å²) in [5, 5.41) is 3.70. The molecule has 0 spiro atoms. The molecule has 1 N–H and O–H groups in total. The van der Waals surface area contributed by atoms with Gasteiger partial charge in [-0.2, -0.15) is 0 Å². The van der Waals surface area contributed by atoms with Crippen LogP contribution in [0.3, 0.4) is 0 Å². The van der Waals surface area contributed by atoms with E-state index in [1.54, 1.807) is 6.33 Å². The van der Waals surface area contributed by atoms with Gasteiger partial charge in [-0.05, 0) is 63.5 Å². The van der Waals surface area contributed by atoms with Crippen molar-refractivity contribution in [3.05, 3.63) is 24.3 Å². The van der Waals surface area contributed by atoms with Crippen molar-refractivity contribution in [3.63, 3.8) is 0 Å². The molecule has 1 fully saturated rings. The molecule has 2 rings (SSSR count). The average molecular weight is 289 g/mol. The summed E-state index contributed by atoms with van der Waals surface area (Å²) in [5.41, 5.74) is 1.52. The number of nitrogens with one attached hydrogen (secondary N) is 1. The Labute approximate surface area is 130 Å². The van der Waals surface area contributed by atoms with E-state index in [9.17, 15) is 0 Å². The summed E-state index contributed by atoms with van der Waals surface area (Å²) in [4.78, 5) is 8.49. The maximum atomic E-state index is 4.24. The quantitative estimate of drug-likeness (QED) is 0.884. The first-order valence-electron chi connectivity index (χ1n) is 8.49. The van der Waals surface area contributed by atoms with E-state index >= 15 is 0 Å². The van der Waals surface area contributed by atoms with Crippen LogP contribution in [0.4, 0.5) is 0 Å². The van der Waals surface area contributed by atoms with Gasteiger partial charge in [0.15, 0.2) is 0 Å². The van der Waals surface area contributed by atoms with Gasteiger partial charge in [-0.15, -0.1) is 0 Å². The van der Waals surface area contributed by atoms with Gasteiger partial charge in [0.1, 0.15) is 6.33 Å². The average Bonchev–Trinajstić information content (AvgIpc) is 2.46. The summed E-state index contributed by atoms with van der Waals surface area (Å²) in [5.74, 6) is 2.21. The van der Waals surface area contributed by atoms with E-state index in [4.69, 9.17) is 0 Å². The Balaban J connectivity index is 2.07. The second kappa shape index (κ2) is 7.35. The van der Waals surface area contributed by atoms with Crippen molar-refractivity contribution >= 4 is 0 Å². The third-order valence-electron chi connectivity index (χ3n) is 4.70. The molecule has 1 aromatic rings. The molecular formula is C18H31N3. The summed E-state index contributed by atoms with van der Waals surface area (Å²) in [7, 11) is 0. The van der Waals surface area contributed by atoms with Crippen LogP contribution in [-0.2, 0) is 0 Å². The maximum Gasteiger partial charge on any atom is 0.115 e. The third kappa shape index (κ3) is 5.06. The second-order valence-electron chi connectivity index (χ2n) is 7.64. The topological polar surface area (TPSA) is 37.8 Å². The minimum absolute atomic E-state index is 0.192. The highest BCUT2D eigenvalue weighted by Gasteiger charge is 2.32. The highest BCUT2D eigenvalue weighted by atomic mass is 14.9. The molecule has 1 aromatic heterocycles. The number of hydrogen-bond acceptors (Lipinski definition) is 3.